The summed E-state index contributed by atoms with van der Waals surface area (Å²) in [6, 6.07) is 17.2. The Bertz CT molecular complexity index is 531. The molecule has 2 aromatic carbocycles. The predicted molar refractivity (Wildman–Crippen MR) is 68.2 cm³/mol. The molecule has 3 rings (SSSR count). The molecule has 0 saturated carbocycles. The van der Waals surface area contributed by atoms with E-state index in [2.05, 4.69) is 30.3 Å². The van der Waals surface area contributed by atoms with Gasteiger partial charge < -0.3 is 5.11 Å². The third-order valence-corrected chi connectivity index (χ3v) is 3.58. The van der Waals surface area contributed by atoms with Gasteiger partial charge in [-0.25, -0.2) is 0 Å². The number of phenolic OH excluding ortho intramolecular Hbond substituents is 1. The second-order valence-electron chi connectivity index (χ2n) is 4.61. The highest BCUT2D eigenvalue weighted by Gasteiger charge is 2.23. The van der Waals surface area contributed by atoms with E-state index in [9.17, 15) is 5.11 Å². The first-order valence-electron chi connectivity index (χ1n) is 6.13. The highest BCUT2D eigenvalue weighted by molar-refractivity contribution is 5.44. The maximum atomic E-state index is 9.96. The van der Waals surface area contributed by atoms with Crippen LogP contribution in [0.4, 0.5) is 0 Å². The molecule has 0 heterocycles. The Morgan fingerprint density at radius 2 is 2.00 bits per heavy atom. The van der Waals surface area contributed by atoms with Crippen molar-refractivity contribution in [1.29, 1.82) is 0 Å². The first-order chi connectivity index (χ1) is 8.36. The molecule has 0 spiro atoms. The molecule has 17 heavy (non-hydrogen) atoms. The lowest BCUT2D eigenvalue weighted by Gasteiger charge is -2.26. The molecule has 0 fully saturated rings. The molecule has 0 aromatic heterocycles. The van der Waals surface area contributed by atoms with Crippen molar-refractivity contribution >= 4 is 0 Å². The van der Waals surface area contributed by atoms with E-state index in [1.165, 1.54) is 17.5 Å². The molecule has 1 heteroatoms. The van der Waals surface area contributed by atoms with E-state index in [4.69, 9.17) is 0 Å². The van der Waals surface area contributed by atoms with Gasteiger partial charge in [-0.05, 0) is 42.5 Å². The van der Waals surface area contributed by atoms with Gasteiger partial charge in [0.1, 0.15) is 5.75 Å². The van der Waals surface area contributed by atoms with Crippen molar-refractivity contribution < 1.29 is 5.11 Å². The fourth-order valence-corrected chi connectivity index (χ4v) is 2.77. The third kappa shape index (κ3) is 1.82. The molecule has 1 aliphatic rings. The molecule has 1 N–H and O–H groups in total. The first-order valence-corrected chi connectivity index (χ1v) is 6.13. The van der Waals surface area contributed by atoms with Crippen LogP contribution in [0, 0.1) is 6.07 Å². The number of hydrogen-bond donors (Lipinski definition) is 1. The van der Waals surface area contributed by atoms with Crippen LogP contribution in [0.1, 0.15) is 35.4 Å². The highest BCUT2D eigenvalue weighted by Crippen LogP contribution is 2.39. The zero-order chi connectivity index (χ0) is 11.7. The summed E-state index contributed by atoms with van der Waals surface area (Å²) in [6.45, 7) is 0. The number of phenols is 1. The van der Waals surface area contributed by atoms with Gasteiger partial charge in [0, 0.05) is 11.5 Å². The Balaban J connectivity index is 2.09. The molecular weight excluding hydrogens is 208 g/mol. The summed E-state index contributed by atoms with van der Waals surface area (Å²) in [6.07, 6.45) is 3.44. The van der Waals surface area contributed by atoms with Crippen molar-refractivity contribution in [2.24, 2.45) is 0 Å². The minimum absolute atomic E-state index is 0.307. The lowest BCUT2D eigenvalue weighted by atomic mass is 9.79. The van der Waals surface area contributed by atoms with Gasteiger partial charge in [0.05, 0.1) is 0 Å². The second kappa shape index (κ2) is 4.25. The number of aromatic hydroxyl groups is 1. The number of hydrogen-bond acceptors (Lipinski definition) is 1. The number of rotatable bonds is 1. The van der Waals surface area contributed by atoms with Gasteiger partial charge in [-0.3, -0.25) is 0 Å². The van der Waals surface area contributed by atoms with Gasteiger partial charge in [0.25, 0.3) is 0 Å². The Hall–Kier alpha value is -1.76. The predicted octanol–water partition coefficient (Wildman–Crippen LogP) is 3.66. The first kappa shape index (κ1) is 10.4. The largest absolute Gasteiger partial charge is 0.508 e. The second-order valence-corrected chi connectivity index (χ2v) is 4.61. The molecule has 1 unspecified atom stereocenters. The van der Waals surface area contributed by atoms with Crippen molar-refractivity contribution in [2.75, 3.05) is 0 Å². The van der Waals surface area contributed by atoms with Crippen LogP contribution in [0.15, 0.2) is 42.5 Å². The lowest BCUT2D eigenvalue weighted by molar-refractivity contribution is 0.459. The molecule has 2 aromatic rings. The zero-order valence-corrected chi connectivity index (χ0v) is 9.69. The molecule has 1 radical (unpaired) electrons. The van der Waals surface area contributed by atoms with Crippen LogP contribution in [-0.2, 0) is 6.42 Å². The van der Waals surface area contributed by atoms with E-state index in [0.717, 1.165) is 18.4 Å². The van der Waals surface area contributed by atoms with E-state index in [0.29, 0.717) is 11.7 Å². The number of benzene rings is 2. The summed E-state index contributed by atoms with van der Waals surface area (Å²) in [7, 11) is 0. The maximum absolute atomic E-state index is 9.96. The normalized spacial score (nSPS) is 18.7. The molecule has 1 nitrogen and oxygen atoms in total. The number of fused-ring (bicyclic) bond motifs is 1. The van der Waals surface area contributed by atoms with Gasteiger partial charge in [-0.2, -0.15) is 0 Å². The molecule has 85 valence electrons. The summed E-state index contributed by atoms with van der Waals surface area (Å²) < 4.78 is 0. The Morgan fingerprint density at radius 1 is 1.12 bits per heavy atom. The zero-order valence-electron chi connectivity index (χ0n) is 9.69. The fraction of sp³-hybridized carbons (Fsp3) is 0.250. The highest BCUT2D eigenvalue weighted by atomic mass is 16.3. The van der Waals surface area contributed by atoms with Crippen molar-refractivity contribution in [3.8, 4) is 5.75 Å². The van der Waals surface area contributed by atoms with Crippen LogP contribution >= 0.6 is 0 Å². The van der Waals surface area contributed by atoms with E-state index in [1.807, 2.05) is 12.1 Å². The van der Waals surface area contributed by atoms with Crippen molar-refractivity contribution in [2.45, 2.75) is 25.2 Å². The van der Waals surface area contributed by atoms with Gasteiger partial charge in [0.2, 0.25) is 0 Å². The number of aryl methyl sites for hydroxylation is 1. The molecule has 1 aliphatic carbocycles. The molecule has 0 bridgehead atoms. The SMILES string of the molecule is Oc1ccc[c]c1C1CCCc2ccccc21. The smallest absolute Gasteiger partial charge is 0.120 e. The minimum atomic E-state index is 0.307. The quantitative estimate of drug-likeness (QED) is 0.782. The Labute approximate surface area is 102 Å². The minimum Gasteiger partial charge on any atom is -0.508 e. The van der Waals surface area contributed by atoms with E-state index >= 15 is 0 Å². The summed E-state index contributed by atoms with van der Waals surface area (Å²) in [5, 5.41) is 9.96. The van der Waals surface area contributed by atoms with Crippen molar-refractivity contribution in [1.82, 2.24) is 0 Å². The van der Waals surface area contributed by atoms with Crippen LogP contribution in [-0.4, -0.2) is 5.11 Å². The van der Waals surface area contributed by atoms with Crippen LogP contribution in [0.25, 0.3) is 0 Å². The molecule has 0 saturated heterocycles. The summed E-state index contributed by atoms with van der Waals surface area (Å²) in [5.41, 5.74) is 3.72. The van der Waals surface area contributed by atoms with E-state index in [1.54, 1.807) is 6.07 Å². The van der Waals surface area contributed by atoms with Crippen LogP contribution < -0.4 is 0 Å². The standard InChI is InChI=1S/C16H15O/c17-16-11-4-3-9-15(16)14-10-5-7-12-6-1-2-8-13(12)14/h1-4,6,8,11,14,17H,5,7,10H2. The average molecular weight is 223 g/mol. The third-order valence-electron chi connectivity index (χ3n) is 3.58. The Morgan fingerprint density at radius 3 is 2.88 bits per heavy atom. The van der Waals surface area contributed by atoms with Gasteiger partial charge >= 0.3 is 0 Å². The summed E-state index contributed by atoms with van der Waals surface area (Å²) in [5.74, 6) is 0.676. The van der Waals surface area contributed by atoms with Crippen molar-refractivity contribution in [3.63, 3.8) is 0 Å². The molecular formula is C16H15O. The van der Waals surface area contributed by atoms with E-state index < -0.39 is 0 Å². The fourth-order valence-electron chi connectivity index (χ4n) is 2.77. The average Bonchev–Trinajstić information content (AvgIpc) is 2.39. The van der Waals surface area contributed by atoms with Crippen LogP contribution in [0.5, 0.6) is 5.75 Å². The topological polar surface area (TPSA) is 20.2 Å². The molecule has 0 aliphatic heterocycles. The maximum Gasteiger partial charge on any atom is 0.120 e. The van der Waals surface area contributed by atoms with Gasteiger partial charge in [-0.1, -0.05) is 36.4 Å². The molecule has 1 atom stereocenters. The lowest BCUT2D eigenvalue weighted by Crippen LogP contribution is -2.11. The van der Waals surface area contributed by atoms with Crippen LogP contribution in [0.2, 0.25) is 0 Å². The van der Waals surface area contributed by atoms with E-state index in [-0.39, 0.29) is 0 Å². The Kier molecular flexibility index (Phi) is 2.60. The van der Waals surface area contributed by atoms with Crippen LogP contribution in [0.3, 0.4) is 0 Å². The summed E-state index contributed by atoms with van der Waals surface area (Å²) in [4.78, 5) is 0. The van der Waals surface area contributed by atoms with Gasteiger partial charge in [-0.15, -0.1) is 0 Å². The van der Waals surface area contributed by atoms with Crippen molar-refractivity contribution in [3.05, 3.63) is 65.2 Å². The monoisotopic (exact) mass is 223 g/mol. The molecule has 0 amide bonds. The summed E-state index contributed by atoms with van der Waals surface area (Å²) >= 11 is 0. The van der Waals surface area contributed by atoms with Gasteiger partial charge in [0.15, 0.2) is 0 Å².